The lowest BCUT2D eigenvalue weighted by molar-refractivity contribution is 0.910. The molecule has 0 N–H and O–H groups in total. The van der Waals surface area contributed by atoms with Crippen molar-refractivity contribution >= 4 is 13.3 Å². The fraction of sp³-hybridized carbons (Fsp3) is 0.353. The van der Waals surface area contributed by atoms with Gasteiger partial charge in [-0.25, -0.2) is 0 Å². The van der Waals surface area contributed by atoms with E-state index in [1.165, 1.54) is 18.9 Å². The lowest BCUT2D eigenvalue weighted by Gasteiger charge is -2.33. The van der Waals surface area contributed by atoms with E-state index in [1.54, 1.807) is 16.3 Å². The summed E-state index contributed by atoms with van der Waals surface area (Å²) in [5, 5.41) is 1.57. The molecule has 0 nitrogen and oxygen atoms in total. The zero-order valence-corrected chi connectivity index (χ0v) is 12.7. The van der Waals surface area contributed by atoms with Gasteiger partial charge in [0.25, 0.3) is 0 Å². The van der Waals surface area contributed by atoms with Crippen LogP contribution in [0.15, 0.2) is 54.1 Å². The van der Waals surface area contributed by atoms with Crippen LogP contribution in [-0.2, 0) is 0 Å². The summed E-state index contributed by atoms with van der Waals surface area (Å²) in [6.07, 6.45) is 9.39. The Balaban J connectivity index is 2.33. The maximum Gasteiger partial charge on any atom is 0.0989 e. The van der Waals surface area contributed by atoms with Gasteiger partial charge >= 0.3 is 0 Å². The number of rotatable bonds is 5. The standard InChI is InChI=1S/C17H23Si/c1-4-10-15-11-9-14-17(15)18(3,5-2)16-12-7-6-8-13-16/h6-9,11-14H,4-5,10H2,1-3H3. The number of hydrogen-bond acceptors (Lipinski definition) is 0. The van der Waals surface area contributed by atoms with Crippen molar-refractivity contribution in [1.29, 1.82) is 0 Å². The molecular formula is C17H23Si. The zero-order valence-electron chi connectivity index (χ0n) is 11.7. The van der Waals surface area contributed by atoms with Gasteiger partial charge in [0.2, 0.25) is 0 Å². The summed E-state index contributed by atoms with van der Waals surface area (Å²) < 4.78 is 0. The molecular weight excluding hydrogens is 232 g/mol. The van der Waals surface area contributed by atoms with Crippen molar-refractivity contribution in [3.63, 3.8) is 0 Å². The monoisotopic (exact) mass is 255 g/mol. The Kier molecular flexibility index (Phi) is 4.23. The van der Waals surface area contributed by atoms with Crippen LogP contribution in [0.3, 0.4) is 0 Å². The molecule has 1 aromatic carbocycles. The van der Waals surface area contributed by atoms with Crippen molar-refractivity contribution in [3.8, 4) is 0 Å². The molecule has 0 spiro atoms. The first kappa shape index (κ1) is 13.4. The minimum Gasteiger partial charge on any atom is -0.0757 e. The number of benzene rings is 1. The summed E-state index contributed by atoms with van der Waals surface area (Å²) in [7, 11) is -1.51. The fourth-order valence-electron chi connectivity index (χ4n) is 2.84. The molecule has 0 amide bonds. The Morgan fingerprint density at radius 2 is 1.78 bits per heavy atom. The molecule has 18 heavy (non-hydrogen) atoms. The smallest absolute Gasteiger partial charge is 0.0757 e. The van der Waals surface area contributed by atoms with Gasteiger partial charge in [0, 0.05) is 5.54 Å². The average Bonchev–Trinajstić information content (AvgIpc) is 2.88. The van der Waals surface area contributed by atoms with Gasteiger partial charge < -0.3 is 0 Å². The van der Waals surface area contributed by atoms with Gasteiger partial charge in [0.05, 0.1) is 8.07 Å². The van der Waals surface area contributed by atoms with E-state index >= 15 is 0 Å². The Bertz CT molecular complexity index is 444. The van der Waals surface area contributed by atoms with Crippen molar-refractivity contribution < 1.29 is 0 Å². The first-order chi connectivity index (χ1) is 8.72. The van der Waals surface area contributed by atoms with Crippen molar-refractivity contribution in [2.75, 3.05) is 0 Å². The van der Waals surface area contributed by atoms with E-state index in [1.807, 2.05) is 0 Å². The highest BCUT2D eigenvalue weighted by molar-refractivity contribution is 6.96. The predicted molar refractivity (Wildman–Crippen MR) is 83.5 cm³/mol. The van der Waals surface area contributed by atoms with E-state index < -0.39 is 8.07 Å². The third-order valence-corrected chi connectivity index (χ3v) is 8.84. The molecule has 1 unspecified atom stereocenters. The van der Waals surface area contributed by atoms with Gasteiger partial charge in [-0.3, -0.25) is 0 Å². The van der Waals surface area contributed by atoms with Gasteiger partial charge in [-0.2, -0.15) is 0 Å². The topological polar surface area (TPSA) is 0 Å². The molecule has 1 aromatic rings. The summed E-state index contributed by atoms with van der Waals surface area (Å²) in [5.41, 5.74) is 3.23. The van der Waals surface area contributed by atoms with Gasteiger partial charge in [-0.15, -0.1) is 0 Å². The largest absolute Gasteiger partial charge is 0.0989 e. The maximum atomic E-state index is 2.51. The van der Waals surface area contributed by atoms with Crippen molar-refractivity contribution in [2.45, 2.75) is 39.3 Å². The van der Waals surface area contributed by atoms with E-state index in [-0.39, 0.29) is 0 Å². The Labute approximate surface area is 112 Å². The first-order valence-corrected chi connectivity index (χ1v) is 9.73. The van der Waals surface area contributed by atoms with Crippen LogP contribution in [0.25, 0.3) is 0 Å². The van der Waals surface area contributed by atoms with E-state index in [0.29, 0.717) is 0 Å². The van der Waals surface area contributed by atoms with Crippen LogP contribution in [0.2, 0.25) is 12.6 Å². The van der Waals surface area contributed by atoms with Crippen LogP contribution < -0.4 is 5.19 Å². The van der Waals surface area contributed by atoms with Crippen LogP contribution in [0.5, 0.6) is 0 Å². The number of allylic oxidation sites excluding steroid dienone is 4. The molecule has 0 aliphatic heterocycles. The summed E-state index contributed by atoms with van der Waals surface area (Å²) in [6.45, 7) is 7.13. The quantitative estimate of drug-likeness (QED) is 0.684. The van der Waals surface area contributed by atoms with Crippen LogP contribution >= 0.6 is 0 Å². The molecule has 95 valence electrons. The molecule has 1 atom stereocenters. The second kappa shape index (κ2) is 5.70. The lowest BCUT2D eigenvalue weighted by Crippen LogP contribution is -2.49. The molecule has 0 saturated carbocycles. The minimum atomic E-state index is -1.51. The third-order valence-electron chi connectivity index (χ3n) is 4.14. The van der Waals surface area contributed by atoms with Crippen LogP contribution in [0, 0.1) is 5.54 Å². The molecule has 1 aliphatic rings. The molecule has 0 bridgehead atoms. The van der Waals surface area contributed by atoms with Crippen molar-refractivity contribution in [2.24, 2.45) is 0 Å². The SMILES string of the molecule is CCCC1=CC=C[C]1[Si](C)(CC)c1ccccc1. The van der Waals surface area contributed by atoms with E-state index in [0.717, 1.165) is 0 Å². The van der Waals surface area contributed by atoms with Crippen LogP contribution in [-0.4, -0.2) is 8.07 Å². The normalized spacial score (nSPS) is 18.7. The highest BCUT2D eigenvalue weighted by Gasteiger charge is 2.38. The highest BCUT2D eigenvalue weighted by Crippen LogP contribution is 2.35. The molecule has 1 heteroatoms. The van der Waals surface area contributed by atoms with Crippen LogP contribution in [0.1, 0.15) is 26.7 Å². The predicted octanol–water partition coefficient (Wildman–Crippen LogP) is 4.40. The Morgan fingerprint density at radius 3 is 2.39 bits per heavy atom. The lowest BCUT2D eigenvalue weighted by atomic mass is 10.1. The summed E-state index contributed by atoms with van der Waals surface area (Å²) >= 11 is 0. The zero-order chi connectivity index (χ0) is 13.0. The Morgan fingerprint density at radius 1 is 1.06 bits per heavy atom. The molecule has 0 saturated heterocycles. The van der Waals surface area contributed by atoms with Crippen molar-refractivity contribution in [1.82, 2.24) is 0 Å². The minimum absolute atomic E-state index is 1.22. The van der Waals surface area contributed by atoms with Gasteiger partial charge in [0.15, 0.2) is 0 Å². The summed E-state index contributed by atoms with van der Waals surface area (Å²) in [5.74, 6) is 0. The molecule has 1 radical (unpaired) electrons. The maximum absolute atomic E-state index is 2.51. The number of hydrogen-bond donors (Lipinski definition) is 0. The Hall–Kier alpha value is -1.08. The summed E-state index contributed by atoms with van der Waals surface area (Å²) in [6, 6.07) is 12.4. The third kappa shape index (κ3) is 2.37. The molecule has 0 aromatic heterocycles. The fourth-order valence-corrected chi connectivity index (χ4v) is 6.25. The molecule has 0 fully saturated rings. The van der Waals surface area contributed by atoms with E-state index in [2.05, 4.69) is 69.0 Å². The van der Waals surface area contributed by atoms with Gasteiger partial charge in [0.1, 0.15) is 0 Å². The van der Waals surface area contributed by atoms with Gasteiger partial charge in [-0.1, -0.05) is 92.2 Å². The molecule has 1 aliphatic carbocycles. The van der Waals surface area contributed by atoms with E-state index in [9.17, 15) is 0 Å². The highest BCUT2D eigenvalue weighted by atomic mass is 28.3. The van der Waals surface area contributed by atoms with Crippen LogP contribution in [0.4, 0.5) is 0 Å². The first-order valence-electron chi connectivity index (χ1n) is 7.03. The molecule has 2 rings (SSSR count). The van der Waals surface area contributed by atoms with E-state index in [4.69, 9.17) is 0 Å². The second-order valence-corrected chi connectivity index (χ2v) is 9.75. The molecule has 0 heterocycles. The second-order valence-electron chi connectivity index (χ2n) is 5.27. The van der Waals surface area contributed by atoms with Crippen molar-refractivity contribution in [3.05, 3.63) is 59.7 Å². The summed E-state index contributed by atoms with van der Waals surface area (Å²) in [4.78, 5) is 0. The van der Waals surface area contributed by atoms with Gasteiger partial charge in [-0.05, 0) is 6.42 Å². The average molecular weight is 255 g/mol.